The second-order valence-electron chi connectivity index (χ2n) is 5.55. The molecule has 0 aliphatic carbocycles. The minimum atomic E-state index is -0.210. The summed E-state index contributed by atoms with van der Waals surface area (Å²) in [5, 5.41) is 0. The van der Waals surface area contributed by atoms with Crippen LogP contribution in [0.15, 0.2) is 24.3 Å². The van der Waals surface area contributed by atoms with Crippen molar-refractivity contribution in [1.29, 1.82) is 0 Å². The lowest BCUT2D eigenvalue weighted by Crippen LogP contribution is -2.43. The Bertz CT molecular complexity index is 438. The molecular formula is C15H24N4O. The van der Waals surface area contributed by atoms with Gasteiger partial charge in [-0.2, -0.15) is 0 Å². The number of hydrogen-bond acceptors (Lipinski definition) is 4. The summed E-state index contributed by atoms with van der Waals surface area (Å²) in [5.74, 6) is 4.80. The third kappa shape index (κ3) is 3.79. The minimum absolute atomic E-state index is 0.156. The minimum Gasteiger partial charge on any atom is -0.304 e. The Balaban J connectivity index is 1.93. The summed E-state index contributed by atoms with van der Waals surface area (Å²) in [7, 11) is 2.16. The topological polar surface area (TPSA) is 61.6 Å². The Labute approximate surface area is 120 Å². The highest BCUT2D eigenvalue weighted by molar-refractivity contribution is 5.82. The first-order valence-electron chi connectivity index (χ1n) is 7.10. The van der Waals surface area contributed by atoms with E-state index < -0.39 is 0 Å². The average Bonchev–Trinajstić information content (AvgIpc) is 2.49. The molecule has 110 valence electrons. The number of hydrazine groups is 1. The Kier molecular flexibility index (Phi) is 5.11. The summed E-state index contributed by atoms with van der Waals surface area (Å²) in [6.07, 6.45) is 0. The summed E-state index contributed by atoms with van der Waals surface area (Å²) in [6.45, 7) is 7.33. The summed E-state index contributed by atoms with van der Waals surface area (Å²) < 4.78 is 0. The van der Waals surface area contributed by atoms with Crippen molar-refractivity contribution in [2.45, 2.75) is 19.4 Å². The van der Waals surface area contributed by atoms with Crippen LogP contribution in [-0.2, 0) is 11.3 Å². The smallest absolute Gasteiger partial charge is 0.241 e. The molecule has 1 aliphatic rings. The maximum atomic E-state index is 11.5. The highest BCUT2D eigenvalue weighted by Crippen LogP contribution is 2.17. The van der Waals surface area contributed by atoms with Crippen LogP contribution in [0.1, 0.15) is 24.0 Å². The molecule has 1 atom stereocenters. The van der Waals surface area contributed by atoms with Crippen molar-refractivity contribution in [2.75, 3.05) is 33.2 Å². The predicted octanol–water partition coefficient (Wildman–Crippen LogP) is 0.527. The van der Waals surface area contributed by atoms with E-state index in [1.54, 1.807) is 0 Å². The zero-order valence-electron chi connectivity index (χ0n) is 12.3. The summed E-state index contributed by atoms with van der Waals surface area (Å²) in [4.78, 5) is 16.3. The summed E-state index contributed by atoms with van der Waals surface area (Å²) >= 11 is 0. The van der Waals surface area contributed by atoms with Gasteiger partial charge in [0, 0.05) is 32.7 Å². The van der Waals surface area contributed by atoms with Crippen molar-refractivity contribution >= 4 is 5.91 Å². The normalized spacial score (nSPS) is 18.8. The quantitative estimate of drug-likeness (QED) is 0.478. The van der Waals surface area contributed by atoms with E-state index in [2.05, 4.69) is 34.4 Å². The van der Waals surface area contributed by atoms with Gasteiger partial charge in [-0.3, -0.25) is 15.1 Å². The molecule has 0 aromatic heterocycles. The van der Waals surface area contributed by atoms with Crippen LogP contribution < -0.4 is 11.3 Å². The lowest BCUT2D eigenvalue weighted by Gasteiger charge is -2.32. The van der Waals surface area contributed by atoms with Gasteiger partial charge in [-0.25, -0.2) is 5.84 Å². The maximum absolute atomic E-state index is 11.5. The van der Waals surface area contributed by atoms with Gasteiger partial charge in [0.05, 0.1) is 5.92 Å². The first-order chi connectivity index (χ1) is 9.60. The van der Waals surface area contributed by atoms with Crippen LogP contribution in [0.3, 0.4) is 0 Å². The van der Waals surface area contributed by atoms with Crippen molar-refractivity contribution in [3.8, 4) is 0 Å². The highest BCUT2D eigenvalue weighted by atomic mass is 16.2. The van der Waals surface area contributed by atoms with E-state index >= 15 is 0 Å². The van der Waals surface area contributed by atoms with Crippen LogP contribution in [-0.4, -0.2) is 48.9 Å². The number of carbonyl (C=O) groups is 1. The Morgan fingerprint density at radius 1 is 1.25 bits per heavy atom. The molecule has 1 aliphatic heterocycles. The molecular weight excluding hydrogens is 252 g/mol. The standard InChI is InChI=1S/C15H24N4O/c1-12(15(20)17-16)14-5-3-13(4-6-14)11-19-9-7-18(2)8-10-19/h3-6,12H,7-11,16H2,1-2H3,(H,17,20). The lowest BCUT2D eigenvalue weighted by atomic mass is 9.99. The van der Waals surface area contributed by atoms with E-state index in [1.165, 1.54) is 5.56 Å². The SMILES string of the molecule is CC(C(=O)NN)c1ccc(CN2CCN(C)CC2)cc1. The molecule has 0 saturated carbocycles. The van der Waals surface area contributed by atoms with Crippen LogP contribution in [0.5, 0.6) is 0 Å². The molecule has 3 N–H and O–H groups in total. The van der Waals surface area contributed by atoms with Gasteiger partial charge in [0.2, 0.25) is 5.91 Å². The van der Waals surface area contributed by atoms with Gasteiger partial charge in [0.15, 0.2) is 0 Å². The van der Waals surface area contributed by atoms with Crippen molar-refractivity contribution in [2.24, 2.45) is 5.84 Å². The number of amides is 1. The molecule has 5 heteroatoms. The summed E-state index contributed by atoms with van der Waals surface area (Å²) in [5.41, 5.74) is 4.48. The molecule has 0 radical (unpaired) electrons. The summed E-state index contributed by atoms with van der Waals surface area (Å²) in [6, 6.07) is 8.25. The number of carbonyl (C=O) groups excluding carboxylic acids is 1. The van der Waals surface area contributed by atoms with Gasteiger partial charge >= 0.3 is 0 Å². The van der Waals surface area contributed by atoms with Crippen molar-refractivity contribution in [1.82, 2.24) is 15.2 Å². The predicted molar refractivity (Wildman–Crippen MR) is 80.0 cm³/mol. The molecule has 1 saturated heterocycles. The van der Waals surface area contributed by atoms with Gasteiger partial charge in [-0.15, -0.1) is 0 Å². The number of nitrogens with one attached hydrogen (secondary N) is 1. The molecule has 1 heterocycles. The zero-order chi connectivity index (χ0) is 14.5. The van der Waals surface area contributed by atoms with Gasteiger partial charge in [-0.1, -0.05) is 24.3 Å². The van der Waals surface area contributed by atoms with E-state index in [0.29, 0.717) is 0 Å². The Morgan fingerprint density at radius 3 is 2.40 bits per heavy atom. The number of nitrogens with two attached hydrogens (primary N) is 1. The number of rotatable bonds is 4. The van der Waals surface area contributed by atoms with Gasteiger partial charge in [-0.05, 0) is 25.1 Å². The largest absolute Gasteiger partial charge is 0.304 e. The molecule has 1 aromatic carbocycles. The van der Waals surface area contributed by atoms with Crippen LogP contribution >= 0.6 is 0 Å². The third-order valence-electron chi connectivity index (χ3n) is 4.02. The van der Waals surface area contributed by atoms with Gasteiger partial charge in [0.1, 0.15) is 0 Å². The number of piperazine rings is 1. The molecule has 1 amide bonds. The van der Waals surface area contributed by atoms with E-state index in [1.807, 2.05) is 19.1 Å². The van der Waals surface area contributed by atoms with Gasteiger partial charge in [0.25, 0.3) is 0 Å². The van der Waals surface area contributed by atoms with E-state index in [4.69, 9.17) is 5.84 Å². The fourth-order valence-electron chi connectivity index (χ4n) is 2.45. The first-order valence-corrected chi connectivity index (χ1v) is 7.10. The molecule has 1 fully saturated rings. The first kappa shape index (κ1) is 15.0. The average molecular weight is 276 g/mol. The van der Waals surface area contributed by atoms with E-state index in [9.17, 15) is 4.79 Å². The highest BCUT2D eigenvalue weighted by Gasteiger charge is 2.15. The zero-order valence-corrected chi connectivity index (χ0v) is 12.3. The van der Waals surface area contributed by atoms with Crippen LogP contribution in [0.2, 0.25) is 0 Å². The second-order valence-corrected chi connectivity index (χ2v) is 5.55. The maximum Gasteiger partial charge on any atom is 0.241 e. The molecule has 2 rings (SSSR count). The van der Waals surface area contributed by atoms with Crippen molar-refractivity contribution in [3.63, 3.8) is 0 Å². The monoisotopic (exact) mass is 276 g/mol. The van der Waals surface area contributed by atoms with Crippen LogP contribution in [0.4, 0.5) is 0 Å². The van der Waals surface area contributed by atoms with Crippen molar-refractivity contribution in [3.05, 3.63) is 35.4 Å². The van der Waals surface area contributed by atoms with Crippen LogP contribution in [0.25, 0.3) is 0 Å². The Hall–Kier alpha value is -1.43. The third-order valence-corrected chi connectivity index (χ3v) is 4.02. The fourth-order valence-corrected chi connectivity index (χ4v) is 2.45. The fraction of sp³-hybridized carbons (Fsp3) is 0.533. The van der Waals surface area contributed by atoms with E-state index in [-0.39, 0.29) is 11.8 Å². The molecule has 5 nitrogen and oxygen atoms in total. The van der Waals surface area contributed by atoms with Crippen LogP contribution in [0, 0.1) is 0 Å². The molecule has 1 unspecified atom stereocenters. The van der Waals surface area contributed by atoms with E-state index in [0.717, 1.165) is 38.3 Å². The number of nitrogens with zero attached hydrogens (tertiary/aromatic N) is 2. The molecule has 0 spiro atoms. The molecule has 1 aromatic rings. The number of hydrogen-bond donors (Lipinski definition) is 2. The molecule has 0 bridgehead atoms. The Morgan fingerprint density at radius 2 is 1.85 bits per heavy atom. The molecule has 20 heavy (non-hydrogen) atoms. The second kappa shape index (κ2) is 6.83. The van der Waals surface area contributed by atoms with Gasteiger partial charge < -0.3 is 4.90 Å². The lowest BCUT2D eigenvalue weighted by molar-refractivity contribution is -0.122. The van der Waals surface area contributed by atoms with Crippen molar-refractivity contribution < 1.29 is 4.79 Å². The number of likely N-dealkylation sites (N-methyl/N-ethyl adjacent to an activating group) is 1. The number of benzene rings is 1.